The summed E-state index contributed by atoms with van der Waals surface area (Å²) in [5.74, 6) is 0.491. The number of anilines is 1. The Morgan fingerprint density at radius 1 is 1.50 bits per heavy atom. The minimum absolute atomic E-state index is 0.491. The van der Waals surface area contributed by atoms with E-state index in [9.17, 15) is 0 Å². The van der Waals surface area contributed by atoms with E-state index in [1.54, 1.807) is 18.6 Å². The highest BCUT2D eigenvalue weighted by Crippen LogP contribution is 2.22. The summed E-state index contributed by atoms with van der Waals surface area (Å²) < 4.78 is 5.02. The fourth-order valence-electron chi connectivity index (χ4n) is 1.11. The molecule has 4 heteroatoms. The van der Waals surface area contributed by atoms with Crippen LogP contribution >= 0.6 is 0 Å². The number of nitrogens with one attached hydrogen (secondary N) is 1. The fraction of sp³-hybridized carbons (Fsp3) is 0.125. The smallest absolute Gasteiger partial charge is 0.145 e. The molecule has 0 amide bonds. The highest BCUT2D eigenvalue weighted by molar-refractivity contribution is 5.63. The molecule has 0 saturated heterocycles. The lowest BCUT2D eigenvalue weighted by molar-refractivity contribution is 0.566. The Morgan fingerprint density at radius 2 is 2.33 bits per heavy atom. The topological polar surface area (TPSA) is 67.8 Å². The largest absolute Gasteiger partial charge is 0.472 e. The van der Waals surface area contributed by atoms with Crippen molar-refractivity contribution in [3.63, 3.8) is 0 Å². The van der Waals surface area contributed by atoms with E-state index in [0.29, 0.717) is 5.82 Å². The van der Waals surface area contributed by atoms with Crippen molar-refractivity contribution in [3.8, 4) is 11.3 Å². The quantitative estimate of drug-likeness (QED) is 0.670. The van der Waals surface area contributed by atoms with Crippen LogP contribution in [0.2, 0.25) is 0 Å². The predicted molar refractivity (Wildman–Crippen MR) is 45.4 cm³/mol. The summed E-state index contributed by atoms with van der Waals surface area (Å²) in [6.07, 6.45) is 3.36. The minimum Gasteiger partial charge on any atom is -0.472 e. The predicted octanol–water partition coefficient (Wildman–Crippen LogP) is 1.56. The Kier molecular flexibility index (Phi) is 1.40. The molecule has 2 aromatic rings. The number of aromatic nitrogens is 2. The molecule has 3 N–H and O–H groups in total. The van der Waals surface area contributed by atoms with E-state index in [0.717, 1.165) is 16.8 Å². The zero-order valence-electron chi connectivity index (χ0n) is 6.66. The number of aromatic amines is 1. The number of aryl methyl sites for hydroxylation is 1. The molecule has 0 bridgehead atoms. The number of nitrogen functional groups attached to an aromatic ring is 1. The summed E-state index contributed by atoms with van der Waals surface area (Å²) >= 11 is 0. The highest BCUT2D eigenvalue weighted by Gasteiger charge is 2.05. The molecule has 62 valence electrons. The molecular formula is C8H9N3O. The molecule has 0 spiro atoms. The minimum atomic E-state index is 0.491. The van der Waals surface area contributed by atoms with E-state index >= 15 is 0 Å². The van der Waals surface area contributed by atoms with Crippen LogP contribution in [0.15, 0.2) is 23.0 Å². The van der Waals surface area contributed by atoms with Crippen LogP contribution in [-0.2, 0) is 0 Å². The molecule has 0 aromatic carbocycles. The molecule has 0 aliphatic rings. The van der Waals surface area contributed by atoms with Gasteiger partial charge in [-0.3, -0.25) is 5.10 Å². The van der Waals surface area contributed by atoms with Crippen molar-refractivity contribution in [2.24, 2.45) is 0 Å². The molecule has 0 atom stereocenters. The van der Waals surface area contributed by atoms with Gasteiger partial charge >= 0.3 is 0 Å². The van der Waals surface area contributed by atoms with Gasteiger partial charge in [-0.2, -0.15) is 5.10 Å². The third-order valence-electron chi connectivity index (χ3n) is 1.74. The van der Waals surface area contributed by atoms with Crippen LogP contribution < -0.4 is 5.73 Å². The van der Waals surface area contributed by atoms with E-state index in [1.165, 1.54) is 0 Å². The van der Waals surface area contributed by atoms with Crippen molar-refractivity contribution >= 4 is 5.82 Å². The van der Waals surface area contributed by atoms with Gasteiger partial charge in [0, 0.05) is 11.6 Å². The standard InChI is InChI=1S/C8H9N3O/c1-5-3-12-4-6(5)7-2-8(9)11-10-7/h2-4H,1H3,(H3,9,10,11). The molecule has 0 radical (unpaired) electrons. The number of H-pyrrole nitrogens is 1. The van der Waals surface area contributed by atoms with Crippen LogP contribution in [0.25, 0.3) is 11.3 Å². The van der Waals surface area contributed by atoms with Crippen LogP contribution in [0.4, 0.5) is 5.82 Å². The van der Waals surface area contributed by atoms with E-state index in [2.05, 4.69) is 10.2 Å². The molecule has 0 aliphatic carbocycles. The molecular weight excluding hydrogens is 154 g/mol. The Balaban J connectivity index is 2.50. The van der Waals surface area contributed by atoms with Gasteiger partial charge in [-0.25, -0.2) is 0 Å². The van der Waals surface area contributed by atoms with Gasteiger partial charge in [-0.15, -0.1) is 0 Å². The van der Waals surface area contributed by atoms with Crippen LogP contribution in [0.1, 0.15) is 5.56 Å². The molecule has 0 aliphatic heterocycles. The first-order valence-corrected chi connectivity index (χ1v) is 3.61. The molecule has 12 heavy (non-hydrogen) atoms. The van der Waals surface area contributed by atoms with Crippen molar-refractivity contribution in [2.75, 3.05) is 5.73 Å². The van der Waals surface area contributed by atoms with Crippen LogP contribution in [0.3, 0.4) is 0 Å². The van der Waals surface area contributed by atoms with Gasteiger partial charge < -0.3 is 10.2 Å². The third kappa shape index (κ3) is 0.972. The number of hydrogen-bond acceptors (Lipinski definition) is 3. The van der Waals surface area contributed by atoms with Crippen LogP contribution in [0.5, 0.6) is 0 Å². The first-order valence-electron chi connectivity index (χ1n) is 3.61. The van der Waals surface area contributed by atoms with Crippen molar-refractivity contribution in [1.82, 2.24) is 10.2 Å². The lowest BCUT2D eigenvalue weighted by atomic mass is 10.1. The third-order valence-corrected chi connectivity index (χ3v) is 1.74. The van der Waals surface area contributed by atoms with Gasteiger partial charge in [-0.05, 0) is 12.5 Å². The normalized spacial score (nSPS) is 10.4. The maximum atomic E-state index is 5.46. The summed E-state index contributed by atoms with van der Waals surface area (Å²) in [6.45, 7) is 1.97. The number of hydrogen-bond donors (Lipinski definition) is 2. The van der Waals surface area contributed by atoms with Gasteiger partial charge in [-0.1, -0.05) is 0 Å². The molecule has 2 heterocycles. The second-order valence-corrected chi connectivity index (χ2v) is 2.67. The molecule has 0 fully saturated rings. The molecule has 4 nitrogen and oxygen atoms in total. The summed E-state index contributed by atoms with van der Waals surface area (Å²) in [7, 11) is 0. The Labute approximate surface area is 69.4 Å². The number of nitrogens with two attached hydrogens (primary N) is 1. The zero-order chi connectivity index (χ0) is 8.55. The number of rotatable bonds is 1. The number of furan rings is 1. The van der Waals surface area contributed by atoms with E-state index < -0.39 is 0 Å². The Hall–Kier alpha value is -1.71. The van der Waals surface area contributed by atoms with Gasteiger partial charge in [0.05, 0.1) is 18.2 Å². The summed E-state index contributed by atoms with van der Waals surface area (Å²) in [5.41, 5.74) is 8.42. The highest BCUT2D eigenvalue weighted by atomic mass is 16.3. The van der Waals surface area contributed by atoms with Gasteiger partial charge in [0.2, 0.25) is 0 Å². The number of nitrogens with zero attached hydrogens (tertiary/aromatic N) is 1. The Morgan fingerprint density at radius 3 is 2.83 bits per heavy atom. The van der Waals surface area contributed by atoms with E-state index in [4.69, 9.17) is 10.2 Å². The molecule has 2 rings (SSSR count). The van der Waals surface area contributed by atoms with Crippen LogP contribution in [0, 0.1) is 6.92 Å². The zero-order valence-corrected chi connectivity index (χ0v) is 6.66. The lowest BCUT2D eigenvalue weighted by Gasteiger charge is -1.90. The molecule has 0 saturated carbocycles. The van der Waals surface area contributed by atoms with Crippen molar-refractivity contribution in [1.29, 1.82) is 0 Å². The maximum Gasteiger partial charge on any atom is 0.145 e. The monoisotopic (exact) mass is 163 g/mol. The van der Waals surface area contributed by atoms with Crippen molar-refractivity contribution in [2.45, 2.75) is 6.92 Å². The first-order chi connectivity index (χ1) is 5.77. The Bertz CT molecular complexity index is 388. The summed E-state index contributed by atoms with van der Waals surface area (Å²) in [6, 6.07) is 1.78. The van der Waals surface area contributed by atoms with Gasteiger partial charge in [0.1, 0.15) is 5.82 Å². The average molecular weight is 163 g/mol. The fourth-order valence-corrected chi connectivity index (χ4v) is 1.11. The molecule has 2 aromatic heterocycles. The SMILES string of the molecule is Cc1cocc1-c1cc(N)n[nH]1. The van der Waals surface area contributed by atoms with Crippen molar-refractivity contribution < 1.29 is 4.42 Å². The van der Waals surface area contributed by atoms with Crippen LogP contribution in [-0.4, -0.2) is 10.2 Å². The first kappa shape index (κ1) is 6.97. The molecule has 0 unspecified atom stereocenters. The summed E-state index contributed by atoms with van der Waals surface area (Å²) in [4.78, 5) is 0. The maximum absolute atomic E-state index is 5.46. The second kappa shape index (κ2) is 2.41. The average Bonchev–Trinajstić information content (AvgIpc) is 2.58. The van der Waals surface area contributed by atoms with Crippen molar-refractivity contribution in [3.05, 3.63) is 24.2 Å². The second-order valence-electron chi connectivity index (χ2n) is 2.67. The van der Waals surface area contributed by atoms with Gasteiger partial charge in [0.15, 0.2) is 0 Å². The lowest BCUT2D eigenvalue weighted by Crippen LogP contribution is -1.81. The van der Waals surface area contributed by atoms with Gasteiger partial charge in [0.25, 0.3) is 0 Å². The van der Waals surface area contributed by atoms with E-state index in [1.807, 2.05) is 6.92 Å². The summed E-state index contributed by atoms with van der Waals surface area (Å²) in [5, 5.41) is 6.64. The van der Waals surface area contributed by atoms with E-state index in [-0.39, 0.29) is 0 Å².